The van der Waals surface area contributed by atoms with Crippen LogP contribution in [0.5, 0.6) is 0 Å². The topological polar surface area (TPSA) is 66.6 Å². The second-order valence-corrected chi connectivity index (χ2v) is 8.24. The molecular weight excluding hydrogens is 274 g/mol. The third-order valence-corrected chi connectivity index (χ3v) is 7.24. The summed E-state index contributed by atoms with van der Waals surface area (Å²) in [4.78, 5) is 2.41. The molecule has 2 N–H and O–H groups in total. The minimum absolute atomic E-state index is 0.111. The van der Waals surface area contributed by atoms with Crippen molar-refractivity contribution in [2.75, 3.05) is 32.7 Å². The summed E-state index contributed by atoms with van der Waals surface area (Å²) in [6.45, 7) is 5.90. The van der Waals surface area contributed by atoms with E-state index in [1.54, 1.807) is 4.31 Å². The van der Waals surface area contributed by atoms with Gasteiger partial charge in [-0.15, -0.1) is 0 Å². The molecule has 0 aromatic rings. The number of hydrogen-bond donors (Lipinski definition) is 1. The first-order chi connectivity index (χ1) is 9.59. The molecule has 0 amide bonds. The highest BCUT2D eigenvalue weighted by Gasteiger charge is 2.36. The molecule has 2 fully saturated rings. The second-order valence-electron chi connectivity index (χ2n) is 6.03. The van der Waals surface area contributed by atoms with E-state index < -0.39 is 10.0 Å². The molecule has 1 unspecified atom stereocenters. The minimum Gasteiger partial charge on any atom is -0.330 e. The fourth-order valence-corrected chi connectivity index (χ4v) is 5.58. The smallest absolute Gasteiger partial charge is 0.217 e. The average molecular weight is 303 g/mol. The molecule has 1 aliphatic heterocycles. The van der Waals surface area contributed by atoms with Crippen LogP contribution in [-0.2, 0) is 10.0 Å². The first kappa shape index (κ1) is 16.2. The summed E-state index contributed by atoms with van der Waals surface area (Å²) < 4.78 is 26.8. The SMILES string of the molecule is CCC(CCN)N1CCN(S(=O)(=O)C2CCCC2)CC1. The number of nitrogens with zero attached hydrogens (tertiary/aromatic N) is 2. The van der Waals surface area contributed by atoms with E-state index >= 15 is 0 Å². The van der Waals surface area contributed by atoms with Gasteiger partial charge in [0.1, 0.15) is 0 Å². The van der Waals surface area contributed by atoms with Crippen molar-refractivity contribution in [3.05, 3.63) is 0 Å². The van der Waals surface area contributed by atoms with Crippen LogP contribution in [-0.4, -0.2) is 61.6 Å². The van der Waals surface area contributed by atoms with Gasteiger partial charge < -0.3 is 5.73 Å². The summed E-state index contributed by atoms with van der Waals surface area (Å²) >= 11 is 0. The Balaban J connectivity index is 1.90. The van der Waals surface area contributed by atoms with Crippen LogP contribution in [0.25, 0.3) is 0 Å². The quantitative estimate of drug-likeness (QED) is 0.795. The van der Waals surface area contributed by atoms with Gasteiger partial charge in [-0.25, -0.2) is 8.42 Å². The highest BCUT2D eigenvalue weighted by molar-refractivity contribution is 7.89. The highest BCUT2D eigenvalue weighted by Crippen LogP contribution is 2.28. The summed E-state index contributed by atoms with van der Waals surface area (Å²) in [7, 11) is -3.05. The van der Waals surface area contributed by atoms with Crippen molar-refractivity contribution in [3.63, 3.8) is 0 Å². The fourth-order valence-electron chi connectivity index (χ4n) is 3.56. The van der Waals surface area contributed by atoms with E-state index in [4.69, 9.17) is 5.73 Å². The molecule has 1 aliphatic carbocycles. The van der Waals surface area contributed by atoms with Gasteiger partial charge in [-0.3, -0.25) is 4.90 Å². The van der Waals surface area contributed by atoms with E-state index in [9.17, 15) is 8.42 Å². The van der Waals surface area contributed by atoms with Crippen LogP contribution in [0.4, 0.5) is 0 Å². The molecule has 6 heteroatoms. The Morgan fingerprint density at radius 3 is 2.25 bits per heavy atom. The van der Waals surface area contributed by atoms with Gasteiger partial charge in [-0.05, 0) is 32.2 Å². The van der Waals surface area contributed by atoms with Gasteiger partial charge in [0.05, 0.1) is 5.25 Å². The van der Waals surface area contributed by atoms with Crippen LogP contribution in [0.1, 0.15) is 45.4 Å². The van der Waals surface area contributed by atoms with Crippen LogP contribution in [0.3, 0.4) is 0 Å². The Bertz CT molecular complexity index is 385. The first-order valence-electron chi connectivity index (χ1n) is 8.02. The zero-order valence-electron chi connectivity index (χ0n) is 12.6. The van der Waals surface area contributed by atoms with Crippen LogP contribution in [0.2, 0.25) is 0 Å². The molecule has 0 spiro atoms. The molecule has 0 radical (unpaired) electrons. The van der Waals surface area contributed by atoms with Crippen molar-refractivity contribution in [3.8, 4) is 0 Å². The Morgan fingerprint density at radius 2 is 1.75 bits per heavy atom. The van der Waals surface area contributed by atoms with Crippen molar-refractivity contribution in [2.24, 2.45) is 5.73 Å². The normalized spacial score (nSPS) is 25.1. The second kappa shape index (κ2) is 7.20. The highest BCUT2D eigenvalue weighted by atomic mass is 32.2. The summed E-state index contributed by atoms with van der Waals surface area (Å²) in [6, 6.07) is 0.510. The lowest BCUT2D eigenvalue weighted by atomic mass is 10.1. The molecular formula is C14H29N3O2S. The Labute approximate surface area is 123 Å². The zero-order valence-corrected chi connectivity index (χ0v) is 13.4. The molecule has 2 aliphatic rings. The van der Waals surface area contributed by atoms with E-state index in [2.05, 4.69) is 11.8 Å². The van der Waals surface area contributed by atoms with Gasteiger partial charge in [0.2, 0.25) is 10.0 Å². The zero-order chi connectivity index (χ0) is 14.6. The average Bonchev–Trinajstić information content (AvgIpc) is 3.00. The van der Waals surface area contributed by atoms with Crippen molar-refractivity contribution >= 4 is 10.0 Å². The summed E-state index contributed by atoms with van der Waals surface area (Å²) in [6.07, 6.45) is 5.94. The number of rotatable bonds is 6. The maximum absolute atomic E-state index is 12.5. The van der Waals surface area contributed by atoms with Crippen LogP contribution in [0.15, 0.2) is 0 Å². The number of hydrogen-bond acceptors (Lipinski definition) is 4. The van der Waals surface area contributed by atoms with Crippen molar-refractivity contribution < 1.29 is 8.42 Å². The molecule has 0 aromatic heterocycles. The molecule has 118 valence electrons. The van der Waals surface area contributed by atoms with Crippen molar-refractivity contribution in [1.29, 1.82) is 0 Å². The van der Waals surface area contributed by atoms with Gasteiger partial charge in [0, 0.05) is 32.2 Å². The monoisotopic (exact) mass is 303 g/mol. The molecule has 1 saturated carbocycles. The van der Waals surface area contributed by atoms with E-state index in [1.807, 2.05) is 0 Å². The van der Waals surface area contributed by atoms with Crippen LogP contribution < -0.4 is 5.73 Å². The van der Waals surface area contributed by atoms with Gasteiger partial charge in [-0.2, -0.15) is 4.31 Å². The molecule has 1 heterocycles. The Hall–Kier alpha value is -0.170. The molecule has 1 atom stereocenters. The van der Waals surface area contributed by atoms with Crippen LogP contribution in [0, 0.1) is 0 Å². The molecule has 20 heavy (non-hydrogen) atoms. The lowest BCUT2D eigenvalue weighted by Crippen LogP contribution is -2.53. The summed E-state index contributed by atoms with van der Waals surface area (Å²) in [5, 5.41) is -0.111. The number of nitrogens with two attached hydrogens (primary N) is 1. The number of piperazine rings is 1. The van der Waals surface area contributed by atoms with E-state index in [1.165, 1.54) is 0 Å². The van der Waals surface area contributed by atoms with E-state index in [-0.39, 0.29) is 5.25 Å². The molecule has 0 aromatic carbocycles. The lowest BCUT2D eigenvalue weighted by Gasteiger charge is -2.39. The van der Waals surface area contributed by atoms with Crippen molar-refractivity contribution in [1.82, 2.24) is 9.21 Å². The van der Waals surface area contributed by atoms with E-state index in [0.717, 1.165) is 51.6 Å². The van der Waals surface area contributed by atoms with Crippen LogP contribution >= 0.6 is 0 Å². The lowest BCUT2D eigenvalue weighted by molar-refractivity contribution is 0.128. The maximum Gasteiger partial charge on any atom is 0.217 e. The third-order valence-electron chi connectivity index (χ3n) is 4.84. The molecule has 1 saturated heterocycles. The maximum atomic E-state index is 12.5. The predicted molar refractivity (Wildman–Crippen MR) is 82.1 cm³/mol. The third kappa shape index (κ3) is 3.53. The Morgan fingerprint density at radius 1 is 1.15 bits per heavy atom. The van der Waals surface area contributed by atoms with Gasteiger partial charge in [-0.1, -0.05) is 19.8 Å². The first-order valence-corrected chi connectivity index (χ1v) is 9.53. The van der Waals surface area contributed by atoms with E-state index in [0.29, 0.717) is 25.7 Å². The van der Waals surface area contributed by atoms with Gasteiger partial charge in [0.15, 0.2) is 0 Å². The molecule has 0 bridgehead atoms. The molecule has 5 nitrogen and oxygen atoms in total. The fraction of sp³-hybridized carbons (Fsp3) is 1.00. The number of sulfonamides is 1. The predicted octanol–water partition coefficient (Wildman–Crippen LogP) is 1.00. The van der Waals surface area contributed by atoms with Gasteiger partial charge in [0.25, 0.3) is 0 Å². The van der Waals surface area contributed by atoms with Crippen molar-refractivity contribution in [2.45, 2.75) is 56.7 Å². The standard InChI is InChI=1S/C14H29N3O2S/c1-2-13(7-8-15)16-9-11-17(12-10-16)20(18,19)14-5-3-4-6-14/h13-14H,2-12,15H2,1H3. The van der Waals surface area contributed by atoms with Gasteiger partial charge >= 0.3 is 0 Å². The Kier molecular flexibility index (Phi) is 5.84. The molecule has 2 rings (SSSR count). The summed E-state index contributed by atoms with van der Waals surface area (Å²) in [5.74, 6) is 0. The summed E-state index contributed by atoms with van der Waals surface area (Å²) in [5.41, 5.74) is 5.66. The largest absolute Gasteiger partial charge is 0.330 e. The minimum atomic E-state index is -3.05.